The van der Waals surface area contributed by atoms with E-state index in [-0.39, 0.29) is 12.0 Å². The normalized spacial score (nSPS) is 24.2. The Kier molecular flexibility index (Phi) is 4.01. The first-order valence-electron chi connectivity index (χ1n) is 7.80. The minimum atomic E-state index is -0.897. The average molecular weight is 449 g/mol. The molecule has 24 heavy (non-hydrogen) atoms. The Morgan fingerprint density at radius 3 is 2.79 bits per heavy atom. The van der Waals surface area contributed by atoms with Crippen LogP contribution in [0.1, 0.15) is 39.9 Å². The van der Waals surface area contributed by atoms with Gasteiger partial charge in [0.2, 0.25) is 0 Å². The van der Waals surface area contributed by atoms with Crippen LogP contribution in [0.3, 0.4) is 0 Å². The van der Waals surface area contributed by atoms with E-state index >= 15 is 0 Å². The van der Waals surface area contributed by atoms with Gasteiger partial charge in [0.25, 0.3) is 0 Å². The van der Waals surface area contributed by atoms with Crippen molar-refractivity contribution in [3.8, 4) is 0 Å². The third-order valence-corrected chi connectivity index (χ3v) is 5.99. The van der Waals surface area contributed by atoms with E-state index in [1.54, 1.807) is 12.1 Å². The van der Waals surface area contributed by atoms with Gasteiger partial charge >= 0.3 is 5.97 Å². The zero-order chi connectivity index (χ0) is 16.8. The van der Waals surface area contributed by atoms with Gasteiger partial charge in [0.05, 0.1) is 17.3 Å². The highest BCUT2D eigenvalue weighted by Crippen LogP contribution is 2.52. The second-order valence-electron chi connectivity index (χ2n) is 6.26. The molecule has 4 rings (SSSR count). The van der Waals surface area contributed by atoms with Crippen LogP contribution in [0.25, 0.3) is 0 Å². The Morgan fingerprint density at radius 1 is 1.21 bits per heavy atom. The molecule has 0 aromatic heterocycles. The number of aromatic carboxylic acids is 1. The van der Waals surface area contributed by atoms with Gasteiger partial charge in [0.15, 0.2) is 0 Å². The first-order chi connectivity index (χ1) is 11.5. The van der Waals surface area contributed by atoms with Crippen molar-refractivity contribution >= 4 is 43.5 Å². The number of carbonyl (C=O) groups is 1. The minimum absolute atomic E-state index is 0.196. The number of benzene rings is 2. The quantitative estimate of drug-likeness (QED) is 0.576. The number of hydrogen-bond donors (Lipinski definition) is 2. The number of rotatable bonds is 2. The van der Waals surface area contributed by atoms with Gasteiger partial charge in [-0.15, -0.1) is 0 Å². The number of nitrogens with one attached hydrogen (secondary N) is 1. The van der Waals surface area contributed by atoms with E-state index in [9.17, 15) is 9.90 Å². The molecule has 0 amide bonds. The standard InChI is InChI=1S/C19H15Br2NO2/c20-12-4-1-3-10(7-12)17-14-6-2-5-13(14)15-8-11(19(23)24)9-16(21)18(15)22-17/h1-5,7-9,13-14,17,22H,6H2,(H,23,24). The van der Waals surface area contributed by atoms with Gasteiger partial charge in [0.1, 0.15) is 0 Å². The summed E-state index contributed by atoms with van der Waals surface area (Å²) < 4.78 is 1.87. The SMILES string of the molecule is O=C(O)c1cc(Br)c2c(c1)C1C=CCC1C(c1cccc(Br)c1)N2. The van der Waals surface area contributed by atoms with E-state index in [1.807, 2.05) is 6.07 Å². The summed E-state index contributed by atoms with van der Waals surface area (Å²) in [5.74, 6) is -0.269. The van der Waals surface area contributed by atoms with Gasteiger partial charge in [-0.2, -0.15) is 0 Å². The molecule has 2 N–H and O–H groups in total. The molecule has 0 radical (unpaired) electrons. The molecule has 3 unspecified atom stereocenters. The van der Waals surface area contributed by atoms with Crippen molar-refractivity contribution in [3.05, 3.63) is 74.2 Å². The largest absolute Gasteiger partial charge is 0.478 e. The molecule has 0 saturated carbocycles. The maximum atomic E-state index is 11.4. The van der Waals surface area contributed by atoms with Crippen molar-refractivity contribution in [1.29, 1.82) is 0 Å². The van der Waals surface area contributed by atoms with E-state index in [0.29, 0.717) is 11.5 Å². The van der Waals surface area contributed by atoms with Crippen LogP contribution in [0, 0.1) is 5.92 Å². The lowest BCUT2D eigenvalue weighted by atomic mass is 9.76. The lowest BCUT2D eigenvalue weighted by Crippen LogP contribution is -2.29. The van der Waals surface area contributed by atoms with Crippen molar-refractivity contribution in [3.63, 3.8) is 0 Å². The zero-order valence-corrected chi connectivity index (χ0v) is 15.8. The van der Waals surface area contributed by atoms with Gasteiger partial charge in [-0.25, -0.2) is 4.79 Å². The van der Waals surface area contributed by atoms with E-state index < -0.39 is 5.97 Å². The first kappa shape index (κ1) is 15.9. The molecule has 2 aromatic rings. The third-order valence-electron chi connectivity index (χ3n) is 4.88. The molecule has 0 saturated heterocycles. The average Bonchev–Trinajstić information content (AvgIpc) is 3.04. The predicted octanol–water partition coefficient (Wildman–Crippen LogP) is 5.74. The monoisotopic (exact) mass is 447 g/mol. The fourth-order valence-electron chi connectivity index (χ4n) is 3.81. The summed E-state index contributed by atoms with van der Waals surface area (Å²) in [6.45, 7) is 0. The van der Waals surface area contributed by atoms with Crippen LogP contribution in [0.15, 0.2) is 57.5 Å². The fraction of sp³-hybridized carbons (Fsp3) is 0.211. The molecule has 0 fully saturated rings. The molecule has 2 aromatic carbocycles. The molecule has 1 aliphatic heterocycles. The van der Waals surface area contributed by atoms with Gasteiger partial charge in [-0.05, 0) is 63.7 Å². The van der Waals surface area contributed by atoms with Gasteiger partial charge in [-0.1, -0.05) is 40.2 Å². The molecular weight excluding hydrogens is 434 g/mol. The number of carboxylic acid groups (broad SMARTS) is 1. The van der Waals surface area contributed by atoms with Crippen molar-refractivity contribution < 1.29 is 9.90 Å². The smallest absolute Gasteiger partial charge is 0.335 e. The topological polar surface area (TPSA) is 49.3 Å². The van der Waals surface area contributed by atoms with Crippen LogP contribution < -0.4 is 5.32 Å². The molecule has 3 atom stereocenters. The van der Waals surface area contributed by atoms with Crippen molar-refractivity contribution in [2.75, 3.05) is 5.32 Å². The highest BCUT2D eigenvalue weighted by Gasteiger charge is 2.39. The minimum Gasteiger partial charge on any atom is -0.478 e. The van der Waals surface area contributed by atoms with Crippen molar-refractivity contribution in [1.82, 2.24) is 0 Å². The number of carboxylic acids is 1. The van der Waals surface area contributed by atoms with Gasteiger partial charge < -0.3 is 10.4 Å². The summed E-state index contributed by atoms with van der Waals surface area (Å²) in [6.07, 6.45) is 5.41. The molecule has 1 heterocycles. The summed E-state index contributed by atoms with van der Waals surface area (Å²) >= 11 is 7.11. The maximum absolute atomic E-state index is 11.4. The molecule has 0 bridgehead atoms. The maximum Gasteiger partial charge on any atom is 0.335 e. The lowest BCUT2D eigenvalue weighted by Gasteiger charge is -2.38. The van der Waals surface area contributed by atoms with Crippen LogP contribution in [-0.4, -0.2) is 11.1 Å². The second-order valence-corrected chi connectivity index (χ2v) is 8.03. The predicted molar refractivity (Wildman–Crippen MR) is 102 cm³/mol. The van der Waals surface area contributed by atoms with E-state index in [2.05, 4.69) is 67.5 Å². The number of anilines is 1. The van der Waals surface area contributed by atoms with E-state index in [0.717, 1.165) is 26.6 Å². The summed E-state index contributed by atoms with van der Waals surface area (Å²) in [4.78, 5) is 11.4. The highest BCUT2D eigenvalue weighted by molar-refractivity contribution is 9.10. The number of fused-ring (bicyclic) bond motifs is 3. The van der Waals surface area contributed by atoms with Crippen molar-refractivity contribution in [2.24, 2.45) is 5.92 Å². The van der Waals surface area contributed by atoms with E-state index in [1.165, 1.54) is 5.56 Å². The Bertz CT molecular complexity index is 862. The molecule has 5 heteroatoms. The second kappa shape index (κ2) is 6.05. The third kappa shape index (κ3) is 2.60. The number of hydrogen-bond acceptors (Lipinski definition) is 2. The summed E-state index contributed by atoms with van der Waals surface area (Å²) in [7, 11) is 0. The fourth-order valence-corrected chi connectivity index (χ4v) is 4.82. The number of halogens is 2. The van der Waals surface area contributed by atoms with Crippen LogP contribution in [0.5, 0.6) is 0 Å². The molecule has 1 aliphatic carbocycles. The Hall–Kier alpha value is -1.59. The molecular formula is C19H15Br2NO2. The van der Waals surface area contributed by atoms with Gasteiger partial charge in [0, 0.05) is 14.9 Å². The van der Waals surface area contributed by atoms with Crippen LogP contribution in [0.4, 0.5) is 5.69 Å². The van der Waals surface area contributed by atoms with Crippen LogP contribution >= 0.6 is 31.9 Å². The van der Waals surface area contributed by atoms with Crippen LogP contribution in [0.2, 0.25) is 0 Å². The Labute approximate surface area is 157 Å². The molecule has 122 valence electrons. The summed E-state index contributed by atoms with van der Waals surface area (Å²) in [5, 5.41) is 13.0. The molecule has 2 aliphatic rings. The van der Waals surface area contributed by atoms with Crippen molar-refractivity contribution in [2.45, 2.75) is 18.4 Å². The summed E-state index contributed by atoms with van der Waals surface area (Å²) in [6, 6.07) is 12.0. The molecule has 3 nitrogen and oxygen atoms in total. The Balaban J connectivity index is 1.83. The first-order valence-corrected chi connectivity index (χ1v) is 9.38. The molecule has 0 spiro atoms. The van der Waals surface area contributed by atoms with E-state index in [4.69, 9.17) is 0 Å². The highest BCUT2D eigenvalue weighted by atomic mass is 79.9. The lowest BCUT2D eigenvalue weighted by molar-refractivity contribution is 0.0696. The summed E-state index contributed by atoms with van der Waals surface area (Å²) in [5.41, 5.74) is 3.62. The zero-order valence-electron chi connectivity index (χ0n) is 12.7. The number of allylic oxidation sites excluding steroid dienone is 2. The Morgan fingerprint density at radius 2 is 2.04 bits per heavy atom. The van der Waals surface area contributed by atoms with Gasteiger partial charge in [-0.3, -0.25) is 0 Å². The van der Waals surface area contributed by atoms with Crippen LogP contribution in [-0.2, 0) is 0 Å².